The van der Waals surface area contributed by atoms with Crippen molar-refractivity contribution in [3.05, 3.63) is 54.0 Å². The number of nitrogens with zero attached hydrogens (tertiary/aromatic N) is 2. The standard InChI is InChI=1S/C21H24N2O5/c1-2-28-18-5-3-16(4-6-18)19(24)7-8-20(25)22-10-12-23(13-11-22)21(26)17-9-14-27-15-17/h3-6,9,14-15H,2,7-8,10-13H2,1H3. The summed E-state index contributed by atoms with van der Waals surface area (Å²) in [5.74, 6) is 0.504. The summed E-state index contributed by atoms with van der Waals surface area (Å²) < 4.78 is 10.3. The molecule has 28 heavy (non-hydrogen) atoms. The smallest absolute Gasteiger partial charge is 0.257 e. The number of Topliss-reactive ketones (excluding diaryl/α,β-unsaturated/α-hetero) is 1. The summed E-state index contributed by atoms with van der Waals surface area (Å²) in [5.41, 5.74) is 1.09. The van der Waals surface area contributed by atoms with Gasteiger partial charge in [-0.1, -0.05) is 0 Å². The average Bonchev–Trinajstić information content (AvgIpc) is 3.27. The van der Waals surface area contributed by atoms with Gasteiger partial charge < -0.3 is 19.0 Å². The molecule has 0 N–H and O–H groups in total. The third kappa shape index (κ3) is 4.79. The first-order valence-corrected chi connectivity index (χ1v) is 9.43. The van der Waals surface area contributed by atoms with Gasteiger partial charge >= 0.3 is 0 Å². The Labute approximate surface area is 163 Å². The molecule has 2 aromatic rings. The van der Waals surface area contributed by atoms with Gasteiger partial charge in [-0.05, 0) is 37.3 Å². The third-order valence-electron chi connectivity index (χ3n) is 4.74. The highest BCUT2D eigenvalue weighted by Crippen LogP contribution is 2.15. The van der Waals surface area contributed by atoms with E-state index in [-0.39, 0.29) is 30.4 Å². The molecule has 1 aromatic carbocycles. The number of carbonyl (C=O) groups excluding carboxylic acids is 3. The Morgan fingerprint density at radius 2 is 1.61 bits per heavy atom. The first-order valence-electron chi connectivity index (χ1n) is 9.43. The summed E-state index contributed by atoms with van der Waals surface area (Å²) >= 11 is 0. The van der Waals surface area contributed by atoms with Crippen LogP contribution in [0.4, 0.5) is 0 Å². The number of amides is 2. The van der Waals surface area contributed by atoms with Crippen molar-refractivity contribution in [1.29, 1.82) is 0 Å². The summed E-state index contributed by atoms with van der Waals surface area (Å²) in [6.07, 6.45) is 3.23. The van der Waals surface area contributed by atoms with Gasteiger partial charge in [-0.2, -0.15) is 0 Å². The van der Waals surface area contributed by atoms with Crippen molar-refractivity contribution in [3.63, 3.8) is 0 Å². The summed E-state index contributed by atoms with van der Waals surface area (Å²) in [7, 11) is 0. The van der Waals surface area contributed by atoms with Crippen LogP contribution in [0.2, 0.25) is 0 Å². The maximum atomic E-state index is 12.4. The highest BCUT2D eigenvalue weighted by molar-refractivity contribution is 5.98. The fourth-order valence-corrected chi connectivity index (χ4v) is 3.15. The van der Waals surface area contributed by atoms with Crippen molar-refractivity contribution >= 4 is 17.6 Å². The van der Waals surface area contributed by atoms with Crippen LogP contribution >= 0.6 is 0 Å². The van der Waals surface area contributed by atoms with Gasteiger partial charge in [-0.25, -0.2) is 0 Å². The van der Waals surface area contributed by atoms with Crippen LogP contribution in [0.15, 0.2) is 47.3 Å². The number of carbonyl (C=O) groups is 3. The quantitative estimate of drug-likeness (QED) is 0.686. The van der Waals surface area contributed by atoms with E-state index in [1.165, 1.54) is 12.5 Å². The van der Waals surface area contributed by atoms with E-state index in [1.807, 2.05) is 6.92 Å². The highest BCUT2D eigenvalue weighted by Gasteiger charge is 2.25. The Bertz CT molecular complexity index is 806. The topological polar surface area (TPSA) is 80.1 Å². The summed E-state index contributed by atoms with van der Waals surface area (Å²) in [6.45, 7) is 4.37. The Hall–Kier alpha value is -3.09. The molecule has 0 aliphatic carbocycles. The van der Waals surface area contributed by atoms with Crippen molar-refractivity contribution < 1.29 is 23.5 Å². The normalized spacial score (nSPS) is 14.0. The van der Waals surface area contributed by atoms with E-state index < -0.39 is 0 Å². The van der Waals surface area contributed by atoms with Crippen LogP contribution in [-0.4, -0.2) is 60.2 Å². The zero-order valence-electron chi connectivity index (χ0n) is 15.9. The summed E-state index contributed by atoms with van der Waals surface area (Å²) in [5, 5.41) is 0. The molecule has 148 valence electrons. The molecule has 2 amide bonds. The van der Waals surface area contributed by atoms with E-state index >= 15 is 0 Å². The minimum Gasteiger partial charge on any atom is -0.494 e. The fraction of sp³-hybridized carbons (Fsp3) is 0.381. The van der Waals surface area contributed by atoms with Crippen molar-refractivity contribution in [2.24, 2.45) is 0 Å². The lowest BCUT2D eigenvalue weighted by molar-refractivity contribution is -0.132. The largest absolute Gasteiger partial charge is 0.494 e. The molecule has 0 atom stereocenters. The Morgan fingerprint density at radius 3 is 2.21 bits per heavy atom. The molecule has 1 saturated heterocycles. The lowest BCUT2D eigenvalue weighted by atomic mass is 10.1. The summed E-state index contributed by atoms with van der Waals surface area (Å²) in [6, 6.07) is 8.59. The number of hydrogen-bond donors (Lipinski definition) is 0. The second-order valence-corrected chi connectivity index (χ2v) is 6.57. The molecule has 1 aromatic heterocycles. The maximum Gasteiger partial charge on any atom is 0.257 e. The van der Waals surface area contributed by atoms with Crippen molar-refractivity contribution in [1.82, 2.24) is 9.80 Å². The number of furan rings is 1. The Kier molecular flexibility index (Phi) is 6.47. The lowest BCUT2D eigenvalue weighted by Gasteiger charge is -2.34. The van der Waals surface area contributed by atoms with E-state index in [4.69, 9.17) is 9.15 Å². The minimum absolute atomic E-state index is 0.0605. The number of rotatable bonds is 7. The number of ether oxygens (including phenoxy) is 1. The van der Waals surface area contributed by atoms with Crippen molar-refractivity contribution in [3.8, 4) is 5.75 Å². The van der Waals surface area contributed by atoms with E-state index in [9.17, 15) is 14.4 Å². The molecule has 0 saturated carbocycles. The first kappa shape index (κ1) is 19.7. The molecule has 2 heterocycles. The van der Waals surface area contributed by atoms with Crippen molar-refractivity contribution in [2.75, 3.05) is 32.8 Å². The second kappa shape index (κ2) is 9.21. The summed E-state index contributed by atoms with van der Waals surface area (Å²) in [4.78, 5) is 40.4. The first-order chi connectivity index (χ1) is 13.6. The number of benzene rings is 1. The molecular formula is C21H24N2O5. The molecule has 0 bridgehead atoms. The zero-order chi connectivity index (χ0) is 19.9. The predicted molar refractivity (Wildman–Crippen MR) is 102 cm³/mol. The minimum atomic E-state index is -0.0912. The molecule has 1 aliphatic rings. The monoisotopic (exact) mass is 384 g/mol. The third-order valence-corrected chi connectivity index (χ3v) is 4.74. The molecule has 0 radical (unpaired) electrons. The second-order valence-electron chi connectivity index (χ2n) is 6.57. The van der Waals surface area contributed by atoms with E-state index in [0.717, 1.165) is 5.75 Å². The molecule has 1 aliphatic heterocycles. The van der Waals surface area contributed by atoms with Gasteiger partial charge in [0.05, 0.1) is 18.4 Å². The van der Waals surface area contributed by atoms with Gasteiger partial charge in [-0.3, -0.25) is 14.4 Å². The molecule has 7 nitrogen and oxygen atoms in total. The van der Waals surface area contributed by atoms with E-state index in [0.29, 0.717) is 43.9 Å². The van der Waals surface area contributed by atoms with Crippen LogP contribution in [0.3, 0.4) is 0 Å². The van der Waals surface area contributed by atoms with E-state index in [1.54, 1.807) is 40.1 Å². The van der Waals surface area contributed by atoms with Crippen LogP contribution in [0.5, 0.6) is 5.75 Å². The molecule has 7 heteroatoms. The van der Waals surface area contributed by atoms with Gasteiger partial charge in [0, 0.05) is 44.6 Å². The highest BCUT2D eigenvalue weighted by atomic mass is 16.5. The van der Waals surface area contributed by atoms with Gasteiger partial charge in [0.2, 0.25) is 5.91 Å². The van der Waals surface area contributed by atoms with Crippen LogP contribution < -0.4 is 4.74 Å². The SMILES string of the molecule is CCOc1ccc(C(=O)CCC(=O)N2CCN(C(=O)c3ccoc3)CC2)cc1. The lowest BCUT2D eigenvalue weighted by Crippen LogP contribution is -2.50. The molecule has 0 unspecified atom stereocenters. The van der Waals surface area contributed by atoms with Crippen LogP contribution in [-0.2, 0) is 4.79 Å². The van der Waals surface area contributed by atoms with Gasteiger partial charge in [-0.15, -0.1) is 0 Å². The number of piperazine rings is 1. The molecule has 0 spiro atoms. The number of ketones is 1. The maximum absolute atomic E-state index is 12.4. The van der Waals surface area contributed by atoms with Gasteiger partial charge in [0.15, 0.2) is 5.78 Å². The Balaban J connectivity index is 1.44. The van der Waals surface area contributed by atoms with E-state index in [2.05, 4.69) is 0 Å². The van der Waals surface area contributed by atoms with Crippen molar-refractivity contribution in [2.45, 2.75) is 19.8 Å². The Morgan fingerprint density at radius 1 is 0.929 bits per heavy atom. The molecule has 3 rings (SSSR count). The van der Waals surface area contributed by atoms with Crippen LogP contribution in [0.25, 0.3) is 0 Å². The average molecular weight is 384 g/mol. The van der Waals surface area contributed by atoms with Gasteiger partial charge in [0.1, 0.15) is 12.0 Å². The van der Waals surface area contributed by atoms with Crippen LogP contribution in [0, 0.1) is 0 Å². The fourth-order valence-electron chi connectivity index (χ4n) is 3.15. The van der Waals surface area contributed by atoms with Gasteiger partial charge in [0.25, 0.3) is 5.91 Å². The zero-order valence-corrected chi connectivity index (χ0v) is 15.9. The predicted octanol–water partition coefficient (Wildman–Crippen LogP) is 2.63. The molecule has 1 fully saturated rings. The van der Waals surface area contributed by atoms with Crippen LogP contribution in [0.1, 0.15) is 40.5 Å². The molecular weight excluding hydrogens is 360 g/mol. The number of hydrogen-bond acceptors (Lipinski definition) is 5.